The quantitative estimate of drug-likeness (QED) is 0.686. The molecule has 1 atom stereocenters. The van der Waals surface area contributed by atoms with Crippen LogP contribution in [0.4, 0.5) is 5.69 Å². The summed E-state index contributed by atoms with van der Waals surface area (Å²) in [4.78, 5) is 0. The van der Waals surface area contributed by atoms with Gasteiger partial charge in [0.2, 0.25) is 0 Å². The molecule has 6 heteroatoms. The van der Waals surface area contributed by atoms with Gasteiger partial charge < -0.3 is 5.32 Å². The van der Waals surface area contributed by atoms with Crippen LogP contribution >= 0.6 is 15.9 Å². The molecule has 0 spiro atoms. The lowest BCUT2D eigenvalue weighted by atomic mass is 9.96. The van der Waals surface area contributed by atoms with Gasteiger partial charge in [0.25, 0.3) is 0 Å². The maximum atomic E-state index is 8.94. The lowest BCUT2D eigenvalue weighted by Gasteiger charge is -2.21. The van der Waals surface area contributed by atoms with Gasteiger partial charge in [-0.05, 0) is 48.7 Å². The first kappa shape index (κ1) is 16.8. The largest absolute Gasteiger partial charge is 0.378 e. The molecular formula is C20H18BrN5. The number of hydrogen-bond donors (Lipinski definition) is 1. The van der Waals surface area contributed by atoms with E-state index in [1.807, 2.05) is 23.7 Å². The highest BCUT2D eigenvalue weighted by Gasteiger charge is 2.25. The Morgan fingerprint density at radius 1 is 1.31 bits per heavy atom. The second kappa shape index (κ2) is 6.93. The van der Waals surface area contributed by atoms with Crippen molar-refractivity contribution in [1.29, 1.82) is 5.26 Å². The van der Waals surface area contributed by atoms with Gasteiger partial charge in [-0.15, -0.1) is 5.10 Å². The standard InChI is InChI=1S/C20H18BrN5/c1-13-20-17-6-5-15(21)12-18(17)19(8-10-26(20)25-24-13)23-16-4-2-3-14(11-16)7-9-22/h2-6,11-12,19,23H,7-8,10H2,1H3. The molecule has 26 heavy (non-hydrogen) atoms. The summed E-state index contributed by atoms with van der Waals surface area (Å²) in [5.41, 5.74) is 6.49. The van der Waals surface area contributed by atoms with Crippen molar-refractivity contribution in [3.05, 3.63) is 63.8 Å². The number of anilines is 1. The molecule has 5 nitrogen and oxygen atoms in total. The van der Waals surface area contributed by atoms with E-state index in [0.29, 0.717) is 6.42 Å². The van der Waals surface area contributed by atoms with Gasteiger partial charge in [0.1, 0.15) is 0 Å². The summed E-state index contributed by atoms with van der Waals surface area (Å²) < 4.78 is 3.05. The zero-order valence-electron chi connectivity index (χ0n) is 14.4. The molecule has 0 aliphatic carbocycles. The molecule has 1 aliphatic heterocycles. The maximum Gasteiger partial charge on any atom is 0.0918 e. The second-order valence-electron chi connectivity index (χ2n) is 6.50. The first-order chi connectivity index (χ1) is 12.7. The molecule has 0 saturated carbocycles. The van der Waals surface area contributed by atoms with Gasteiger partial charge in [-0.1, -0.05) is 39.3 Å². The number of nitrogens with zero attached hydrogens (tertiary/aromatic N) is 4. The average Bonchev–Trinajstić information content (AvgIpc) is 2.92. The Kier molecular flexibility index (Phi) is 4.48. The molecule has 0 saturated heterocycles. The highest BCUT2D eigenvalue weighted by Crippen LogP contribution is 2.38. The Bertz CT molecular complexity index is 1000. The fourth-order valence-electron chi connectivity index (χ4n) is 3.55. The minimum atomic E-state index is 0.154. The first-order valence-electron chi connectivity index (χ1n) is 8.58. The number of aryl methyl sites for hydroxylation is 2. The van der Waals surface area contributed by atoms with Crippen LogP contribution in [0, 0.1) is 18.3 Å². The number of hydrogen-bond acceptors (Lipinski definition) is 4. The third-order valence-corrected chi connectivity index (χ3v) is 5.22. The van der Waals surface area contributed by atoms with Crippen LogP contribution < -0.4 is 5.32 Å². The molecule has 1 N–H and O–H groups in total. The Balaban J connectivity index is 1.74. The van der Waals surface area contributed by atoms with E-state index in [2.05, 4.69) is 68.0 Å². The molecule has 1 unspecified atom stereocenters. The summed E-state index contributed by atoms with van der Waals surface area (Å²) in [5.74, 6) is 0. The predicted octanol–water partition coefficient (Wildman–Crippen LogP) is 4.64. The summed E-state index contributed by atoms with van der Waals surface area (Å²) in [5, 5.41) is 21.2. The van der Waals surface area contributed by atoms with Crippen molar-refractivity contribution in [2.24, 2.45) is 0 Å². The molecule has 3 aromatic rings. The minimum Gasteiger partial charge on any atom is -0.378 e. The van der Waals surface area contributed by atoms with E-state index in [1.54, 1.807) is 0 Å². The molecule has 1 aliphatic rings. The summed E-state index contributed by atoms with van der Waals surface area (Å²) >= 11 is 3.61. The van der Waals surface area contributed by atoms with Crippen LogP contribution in [-0.2, 0) is 13.0 Å². The number of aromatic nitrogens is 3. The molecule has 0 bridgehead atoms. The van der Waals surface area contributed by atoms with E-state index in [-0.39, 0.29) is 6.04 Å². The molecule has 2 heterocycles. The van der Waals surface area contributed by atoms with Crippen molar-refractivity contribution in [2.75, 3.05) is 5.32 Å². The average molecular weight is 408 g/mol. The SMILES string of the molecule is Cc1nnn2c1-c1ccc(Br)cc1C(Nc1cccc(CC#N)c1)CC2. The lowest BCUT2D eigenvalue weighted by molar-refractivity contribution is 0.539. The molecule has 4 rings (SSSR count). The zero-order chi connectivity index (χ0) is 18.1. The smallest absolute Gasteiger partial charge is 0.0918 e. The highest BCUT2D eigenvalue weighted by atomic mass is 79.9. The van der Waals surface area contributed by atoms with Crippen LogP contribution in [0.2, 0.25) is 0 Å². The lowest BCUT2D eigenvalue weighted by Crippen LogP contribution is -2.12. The Hall–Kier alpha value is -2.65. The van der Waals surface area contributed by atoms with Crippen LogP contribution in [0.25, 0.3) is 11.3 Å². The fraction of sp³-hybridized carbons (Fsp3) is 0.250. The number of fused-ring (bicyclic) bond motifs is 3. The zero-order valence-corrected chi connectivity index (χ0v) is 16.0. The van der Waals surface area contributed by atoms with E-state index in [4.69, 9.17) is 5.26 Å². The number of halogens is 1. The normalized spacial score (nSPS) is 15.5. The number of benzene rings is 2. The van der Waals surface area contributed by atoms with Crippen molar-refractivity contribution in [3.8, 4) is 17.3 Å². The molecule has 130 valence electrons. The number of rotatable bonds is 3. The first-order valence-corrected chi connectivity index (χ1v) is 9.37. The van der Waals surface area contributed by atoms with Crippen LogP contribution in [0.15, 0.2) is 46.9 Å². The van der Waals surface area contributed by atoms with E-state index >= 15 is 0 Å². The predicted molar refractivity (Wildman–Crippen MR) is 105 cm³/mol. The van der Waals surface area contributed by atoms with E-state index in [9.17, 15) is 0 Å². The highest BCUT2D eigenvalue weighted by molar-refractivity contribution is 9.10. The molecule has 0 radical (unpaired) electrons. The van der Waals surface area contributed by atoms with E-state index < -0.39 is 0 Å². The monoisotopic (exact) mass is 407 g/mol. The van der Waals surface area contributed by atoms with Crippen molar-refractivity contribution in [3.63, 3.8) is 0 Å². The van der Waals surface area contributed by atoms with Crippen molar-refractivity contribution in [1.82, 2.24) is 15.0 Å². The summed E-state index contributed by atoms with van der Waals surface area (Å²) in [6.07, 6.45) is 1.32. The Morgan fingerprint density at radius 2 is 2.19 bits per heavy atom. The van der Waals surface area contributed by atoms with Crippen LogP contribution in [0.3, 0.4) is 0 Å². The molecule has 1 aromatic heterocycles. The molecule has 2 aromatic carbocycles. The summed E-state index contributed by atoms with van der Waals surface area (Å²) in [6, 6.07) is 16.8. The number of nitrogens with one attached hydrogen (secondary N) is 1. The molecule has 0 amide bonds. The fourth-order valence-corrected chi connectivity index (χ4v) is 3.93. The van der Waals surface area contributed by atoms with Gasteiger partial charge in [-0.25, -0.2) is 4.68 Å². The maximum absolute atomic E-state index is 8.94. The van der Waals surface area contributed by atoms with Gasteiger partial charge in [0, 0.05) is 22.3 Å². The van der Waals surface area contributed by atoms with Crippen molar-refractivity contribution >= 4 is 21.6 Å². The Morgan fingerprint density at radius 3 is 3.04 bits per heavy atom. The van der Waals surface area contributed by atoms with E-state index in [1.165, 1.54) is 11.1 Å². The van der Waals surface area contributed by atoms with Crippen molar-refractivity contribution in [2.45, 2.75) is 32.4 Å². The topological polar surface area (TPSA) is 66.5 Å². The molecular weight excluding hydrogens is 390 g/mol. The van der Waals surface area contributed by atoms with Gasteiger partial charge in [-0.3, -0.25) is 0 Å². The molecule has 0 fully saturated rings. The minimum absolute atomic E-state index is 0.154. The van der Waals surface area contributed by atoms with Gasteiger partial charge >= 0.3 is 0 Å². The third-order valence-electron chi connectivity index (χ3n) is 4.73. The van der Waals surface area contributed by atoms with Crippen LogP contribution in [-0.4, -0.2) is 15.0 Å². The summed E-state index contributed by atoms with van der Waals surface area (Å²) in [6.45, 7) is 2.81. The summed E-state index contributed by atoms with van der Waals surface area (Å²) in [7, 11) is 0. The van der Waals surface area contributed by atoms with Gasteiger partial charge in [0.15, 0.2) is 0 Å². The Labute approximate surface area is 160 Å². The van der Waals surface area contributed by atoms with Crippen LogP contribution in [0.5, 0.6) is 0 Å². The van der Waals surface area contributed by atoms with Crippen LogP contribution in [0.1, 0.15) is 29.3 Å². The number of nitriles is 1. The van der Waals surface area contributed by atoms with Crippen molar-refractivity contribution < 1.29 is 0 Å². The van der Waals surface area contributed by atoms with Gasteiger partial charge in [-0.2, -0.15) is 5.26 Å². The van der Waals surface area contributed by atoms with Gasteiger partial charge in [0.05, 0.1) is 29.9 Å². The second-order valence-corrected chi connectivity index (χ2v) is 7.41. The van der Waals surface area contributed by atoms with E-state index in [0.717, 1.165) is 40.1 Å². The third kappa shape index (κ3) is 3.11.